The molecule has 0 unspecified atom stereocenters. The van der Waals surface area contributed by atoms with E-state index in [1.165, 1.54) is 0 Å². The van der Waals surface area contributed by atoms with E-state index in [9.17, 15) is 4.79 Å². The van der Waals surface area contributed by atoms with Gasteiger partial charge in [0.1, 0.15) is 0 Å². The van der Waals surface area contributed by atoms with Gasteiger partial charge in [0.2, 0.25) is 0 Å². The predicted octanol–water partition coefficient (Wildman–Crippen LogP) is 3.89. The largest absolute Gasteiger partial charge is 0.347 e. The van der Waals surface area contributed by atoms with E-state index in [2.05, 4.69) is 21.2 Å². The molecule has 1 N–H and O–H groups in total. The number of alkyl halides is 1. The Hall–Kier alpha value is -0.540. The van der Waals surface area contributed by atoms with Crippen molar-refractivity contribution in [2.24, 2.45) is 0 Å². The highest BCUT2D eigenvalue weighted by molar-refractivity contribution is 9.10. The number of amides is 1. The summed E-state index contributed by atoms with van der Waals surface area (Å²) in [6.07, 6.45) is 0.743. The standard InChI is InChI=1S/C13H17BrClNO/c1-9-4-5-10(8-11(9)14)12(17)16-13(2,3)6-7-15/h4-5,8H,6-7H2,1-3H3,(H,16,17). The van der Waals surface area contributed by atoms with Crippen molar-refractivity contribution in [3.8, 4) is 0 Å². The Bertz CT molecular complexity index is 418. The minimum atomic E-state index is -0.282. The molecule has 0 aliphatic heterocycles. The fraction of sp³-hybridized carbons (Fsp3) is 0.462. The van der Waals surface area contributed by atoms with Crippen LogP contribution in [0.5, 0.6) is 0 Å². The number of carbonyl (C=O) groups excluding carboxylic acids is 1. The summed E-state index contributed by atoms with van der Waals surface area (Å²) in [6.45, 7) is 5.93. The second kappa shape index (κ2) is 5.87. The molecular formula is C13H17BrClNO. The molecule has 0 radical (unpaired) electrons. The van der Waals surface area contributed by atoms with Crippen LogP contribution >= 0.6 is 27.5 Å². The first-order valence-electron chi connectivity index (χ1n) is 5.50. The maximum Gasteiger partial charge on any atom is 0.251 e. The van der Waals surface area contributed by atoms with E-state index in [1.807, 2.05) is 39.0 Å². The van der Waals surface area contributed by atoms with Crippen molar-refractivity contribution in [2.75, 3.05) is 5.88 Å². The van der Waals surface area contributed by atoms with Crippen molar-refractivity contribution in [3.63, 3.8) is 0 Å². The molecule has 2 nitrogen and oxygen atoms in total. The number of carbonyl (C=O) groups is 1. The summed E-state index contributed by atoms with van der Waals surface area (Å²) in [7, 11) is 0. The molecule has 0 heterocycles. The minimum Gasteiger partial charge on any atom is -0.347 e. The molecule has 0 bridgehead atoms. The fourth-order valence-electron chi connectivity index (χ4n) is 1.41. The first-order valence-corrected chi connectivity index (χ1v) is 6.83. The van der Waals surface area contributed by atoms with Crippen LogP contribution in [0.1, 0.15) is 36.2 Å². The molecule has 1 amide bonds. The van der Waals surface area contributed by atoms with Gasteiger partial charge in [-0.15, -0.1) is 11.6 Å². The van der Waals surface area contributed by atoms with Crippen LogP contribution < -0.4 is 5.32 Å². The molecule has 17 heavy (non-hydrogen) atoms. The third-order valence-electron chi connectivity index (χ3n) is 2.61. The van der Waals surface area contributed by atoms with Crippen LogP contribution in [0.2, 0.25) is 0 Å². The van der Waals surface area contributed by atoms with Gasteiger partial charge in [0.15, 0.2) is 0 Å². The fourth-order valence-corrected chi connectivity index (χ4v) is 2.26. The number of hydrogen-bond donors (Lipinski definition) is 1. The number of nitrogens with one attached hydrogen (secondary N) is 1. The van der Waals surface area contributed by atoms with Crippen molar-refractivity contribution >= 4 is 33.4 Å². The molecule has 0 fully saturated rings. The van der Waals surface area contributed by atoms with E-state index in [-0.39, 0.29) is 11.4 Å². The zero-order valence-corrected chi connectivity index (χ0v) is 12.7. The molecule has 1 aromatic carbocycles. The monoisotopic (exact) mass is 317 g/mol. The van der Waals surface area contributed by atoms with E-state index in [1.54, 1.807) is 0 Å². The molecule has 0 spiro atoms. The summed E-state index contributed by atoms with van der Waals surface area (Å²) >= 11 is 9.13. The number of hydrogen-bond acceptors (Lipinski definition) is 1. The van der Waals surface area contributed by atoms with E-state index in [0.29, 0.717) is 11.4 Å². The van der Waals surface area contributed by atoms with Crippen LogP contribution in [0, 0.1) is 6.92 Å². The summed E-state index contributed by atoms with van der Waals surface area (Å²) in [5.74, 6) is 0.464. The van der Waals surface area contributed by atoms with Gasteiger partial charge in [-0.25, -0.2) is 0 Å². The second-order valence-electron chi connectivity index (χ2n) is 4.74. The quantitative estimate of drug-likeness (QED) is 0.838. The van der Waals surface area contributed by atoms with Gasteiger partial charge in [0.05, 0.1) is 0 Å². The smallest absolute Gasteiger partial charge is 0.251 e. The van der Waals surface area contributed by atoms with Gasteiger partial charge in [-0.05, 0) is 44.9 Å². The number of benzene rings is 1. The van der Waals surface area contributed by atoms with Crippen LogP contribution in [0.25, 0.3) is 0 Å². The third kappa shape index (κ3) is 4.32. The van der Waals surface area contributed by atoms with Crippen molar-refractivity contribution in [1.82, 2.24) is 5.32 Å². The van der Waals surface area contributed by atoms with Gasteiger partial charge < -0.3 is 5.32 Å². The lowest BCUT2D eigenvalue weighted by Gasteiger charge is -2.25. The van der Waals surface area contributed by atoms with E-state index in [0.717, 1.165) is 16.5 Å². The zero-order valence-electron chi connectivity index (χ0n) is 10.3. The summed E-state index contributed by atoms with van der Waals surface area (Å²) in [5, 5.41) is 2.98. The number of halogens is 2. The molecule has 1 rings (SSSR count). The second-order valence-corrected chi connectivity index (χ2v) is 5.97. The summed E-state index contributed by atoms with van der Waals surface area (Å²) in [6, 6.07) is 5.58. The number of aryl methyl sites for hydroxylation is 1. The van der Waals surface area contributed by atoms with E-state index >= 15 is 0 Å². The first kappa shape index (κ1) is 14.5. The van der Waals surface area contributed by atoms with Crippen molar-refractivity contribution < 1.29 is 4.79 Å². The Morgan fingerprint density at radius 3 is 2.65 bits per heavy atom. The van der Waals surface area contributed by atoms with Gasteiger partial charge in [-0.3, -0.25) is 4.79 Å². The lowest BCUT2D eigenvalue weighted by atomic mass is 10.0. The molecule has 0 saturated carbocycles. The third-order valence-corrected chi connectivity index (χ3v) is 3.65. The Morgan fingerprint density at radius 2 is 2.12 bits per heavy atom. The Kier molecular flexibility index (Phi) is 5.02. The molecule has 0 aromatic heterocycles. The van der Waals surface area contributed by atoms with Crippen LogP contribution in [0.3, 0.4) is 0 Å². The van der Waals surface area contributed by atoms with Gasteiger partial charge in [-0.1, -0.05) is 22.0 Å². The molecule has 4 heteroatoms. The summed E-state index contributed by atoms with van der Waals surface area (Å²) in [4.78, 5) is 12.0. The average Bonchev–Trinajstić information content (AvgIpc) is 2.21. The van der Waals surface area contributed by atoms with Crippen LogP contribution in [0.4, 0.5) is 0 Å². The highest BCUT2D eigenvalue weighted by Crippen LogP contribution is 2.18. The Labute approximate surface area is 116 Å². The van der Waals surface area contributed by atoms with Gasteiger partial charge >= 0.3 is 0 Å². The molecule has 1 aromatic rings. The SMILES string of the molecule is Cc1ccc(C(=O)NC(C)(C)CCCl)cc1Br. The Balaban J connectivity index is 2.80. The normalized spacial score (nSPS) is 11.4. The summed E-state index contributed by atoms with van der Waals surface area (Å²) < 4.78 is 0.945. The van der Waals surface area contributed by atoms with Crippen molar-refractivity contribution in [3.05, 3.63) is 33.8 Å². The van der Waals surface area contributed by atoms with E-state index in [4.69, 9.17) is 11.6 Å². The minimum absolute atomic E-state index is 0.0687. The lowest BCUT2D eigenvalue weighted by molar-refractivity contribution is 0.0911. The average molecular weight is 319 g/mol. The lowest BCUT2D eigenvalue weighted by Crippen LogP contribution is -2.43. The maximum absolute atomic E-state index is 12.0. The topological polar surface area (TPSA) is 29.1 Å². The van der Waals surface area contributed by atoms with Gasteiger partial charge in [-0.2, -0.15) is 0 Å². The van der Waals surface area contributed by atoms with Gasteiger partial charge in [0, 0.05) is 21.5 Å². The molecular weight excluding hydrogens is 302 g/mol. The van der Waals surface area contributed by atoms with Crippen LogP contribution in [-0.4, -0.2) is 17.3 Å². The highest BCUT2D eigenvalue weighted by atomic mass is 79.9. The molecule has 0 aliphatic carbocycles. The zero-order chi connectivity index (χ0) is 13.1. The summed E-state index contributed by atoms with van der Waals surface area (Å²) in [5.41, 5.74) is 1.49. The van der Waals surface area contributed by atoms with E-state index < -0.39 is 0 Å². The van der Waals surface area contributed by atoms with Crippen LogP contribution in [0.15, 0.2) is 22.7 Å². The molecule has 0 saturated heterocycles. The highest BCUT2D eigenvalue weighted by Gasteiger charge is 2.20. The van der Waals surface area contributed by atoms with Crippen LogP contribution in [-0.2, 0) is 0 Å². The van der Waals surface area contributed by atoms with Crippen molar-refractivity contribution in [2.45, 2.75) is 32.7 Å². The van der Waals surface area contributed by atoms with Gasteiger partial charge in [0.25, 0.3) is 5.91 Å². The Morgan fingerprint density at radius 1 is 1.47 bits per heavy atom. The predicted molar refractivity (Wildman–Crippen MR) is 75.8 cm³/mol. The van der Waals surface area contributed by atoms with Crippen molar-refractivity contribution in [1.29, 1.82) is 0 Å². The molecule has 94 valence electrons. The first-order chi connectivity index (χ1) is 7.85. The molecule has 0 aliphatic rings. The maximum atomic E-state index is 12.0. The number of rotatable bonds is 4. The molecule has 0 atom stereocenters.